The standard InChI is InChI=1S/C28H31N3O4/c1-18-15-19(2)29-26(35-17-21-9-7-6-8-10-21)23(18)16-31-13-14-34-24-12-11-22(27(32)30(4)5)20(3)25(24)28(31)33/h6-12,15H,13-14,16-17H2,1-5H3. The number of carbonyl (C=O) groups excluding carboxylic acids is 2. The van der Waals surface area contributed by atoms with E-state index in [-0.39, 0.29) is 11.8 Å². The molecule has 182 valence electrons. The third-order valence-corrected chi connectivity index (χ3v) is 6.19. The summed E-state index contributed by atoms with van der Waals surface area (Å²) < 4.78 is 12.0. The van der Waals surface area contributed by atoms with E-state index in [0.717, 1.165) is 22.4 Å². The van der Waals surface area contributed by atoms with Gasteiger partial charge < -0.3 is 19.3 Å². The average molecular weight is 474 g/mol. The predicted octanol–water partition coefficient (Wildman–Crippen LogP) is 4.32. The molecule has 1 aliphatic heterocycles. The number of hydrogen-bond acceptors (Lipinski definition) is 5. The number of carbonyl (C=O) groups is 2. The summed E-state index contributed by atoms with van der Waals surface area (Å²) >= 11 is 0. The van der Waals surface area contributed by atoms with Crippen LogP contribution in [0.2, 0.25) is 0 Å². The minimum absolute atomic E-state index is 0.149. The Morgan fingerprint density at radius 2 is 1.86 bits per heavy atom. The third-order valence-electron chi connectivity index (χ3n) is 6.19. The van der Waals surface area contributed by atoms with E-state index < -0.39 is 0 Å². The molecule has 0 spiro atoms. The van der Waals surface area contributed by atoms with Gasteiger partial charge in [0.25, 0.3) is 11.8 Å². The smallest absolute Gasteiger partial charge is 0.258 e. The lowest BCUT2D eigenvalue weighted by Gasteiger charge is -2.24. The van der Waals surface area contributed by atoms with E-state index in [1.165, 1.54) is 4.90 Å². The molecule has 0 saturated carbocycles. The first-order valence-electron chi connectivity index (χ1n) is 11.7. The number of pyridine rings is 1. The van der Waals surface area contributed by atoms with Crippen LogP contribution >= 0.6 is 0 Å². The van der Waals surface area contributed by atoms with Gasteiger partial charge in [0.1, 0.15) is 19.0 Å². The van der Waals surface area contributed by atoms with Gasteiger partial charge in [-0.1, -0.05) is 30.3 Å². The number of hydrogen-bond donors (Lipinski definition) is 0. The Bertz CT molecular complexity index is 1250. The van der Waals surface area contributed by atoms with Crippen LogP contribution in [0.4, 0.5) is 0 Å². The van der Waals surface area contributed by atoms with Crippen LogP contribution in [0.15, 0.2) is 48.5 Å². The monoisotopic (exact) mass is 473 g/mol. The van der Waals surface area contributed by atoms with Crippen molar-refractivity contribution in [3.63, 3.8) is 0 Å². The minimum atomic E-state index is -0.169. The number of aryl methyl sites for hydroxylation is 2. The zero-order valence-corrected chi connectivity index (χ0v) is 20.9. The van der Waals surface area contributed by atoms with Crippen molar-refractivity contribution in [3.05, 3.63) is 87.6 Å². The van der Waals surface area contributed by atoms with Crippen LogP contribution in [0, 0.1) is 20.8 Å². The van der Waals surface area contributed by atoms with Crippen molar-refractivity contribution in [1.82, 2.24) is 14.8 Å². The Morgan fingerprint density at radius 1 is 1.11 bits per heavy atom. The molecule has 0 atom stereocenters. The molecular formula is C28H31N3O4. The summed E-state index contributed by atoms with van der Waals surface area (Å²) in [6, 6.07) is 15.4. The summed E-state index contributed by atoms with van der Waals surface area (Å²) in [5, 5.41) is 0. The van der Waals surface area contributed by atoms with Crippen molar-refractivity contribution in [2.24, 2.45) is 0 Å². The highest BCUT2D eigenvalue weighted by atomic mass is 16.5. The summed E-state index contributed by atoms with van der Waals surface area (Å²) in [5.41, 5.74) is 5.31. The SMILES string of the molecule is Cc1cc(C)c(CN2CCOc3ccc(C(=O)N(C)C)c(C)c3C2=O)c(OCc2ccccc2)n1. The first-order chi connectivity index (χ1) is 16.8. The molecule has 4 rings (SSSR count). The van der Waals surface area contributed by atoms with Crippen LogP contribution < -0.4 is 9.47 Å². The summed E-state index contributed by atoms with van der Waals surface area (Å²) in [7, 11) is 3.39. The highest BCUT2D eigenvalue weighted by molar-refractivity contribution is 6.04. The molecule has 0 aliphatic carbocycles. The van der Waals surface area contributed by atoms with Gasteiger partial charge in [0.2, 0.25) is 5.88 Å². The Labute approximate surface area is 206 Å². The first-order valence-corrected chi connectivity index (χ1v) is 11.7. The van der Waals surface area contributed by atoms with Crippen molar-refractivity contribution < 1.29 is 19.1 Å². The Hall–Kier alpha value is -3.87. The molecule has 2 amide bonds. The van der Waals surface area contributed by atoms with Gasteiger partial charge in [0, 0.05) is 30.9 Å². The Kier molecular flexibility index (Phi) is 7.05. The maximum atomic E-state index is 13.7. The number of amides is 2. The van der Waals surface area contributed by atoms with Crippen molar-refractivity contribution in [3.8, 4) is 11.6 Å². The fraction of sp³-hybridized carbons (Fsp3) is 0.321. The first kappa shape index (κ1) is 24.3. The topological polar surface area (TPSA) is 72.0 Å². The zero-order chi connectivity index (χ0) is 25.1. The Balaban J connectivity index is 1.66. The number of nitrogens with zero attached hydrogens (tertiary/aromatic N) is 3. The normalized spacial score (nSPS) is 13.1. The van der Waals surface area contributed by atoms with Gasteiger partial charge in [0.05, 0.1) is 18.7 Å². The molecule has 0 fully saturated rings. The molecule has 0 N–H and O–H groups in total. The van der Waals surface area contributed by atoms with E-state index in [1.807, 2.05) is 50.2 Å². The van der Waals surface area contributed by atoms with Crippen LogP contribution in [0.3, 0.4) is 0 Å². The number of aromatic nitrogens is 1. The Morgan fingerprint density at radius 3 is 2.57 bits per heavy atom. The molecule has 7 nitrogen and oxygen atoms in total. The number of rotatable bonds is 6. The second-order valence-electron chi connectivity index (χ2n) is 9.02. The van der Waals surface area contributed by atoms with Crippen molar-refractivity contribution in [1.29, 1.82) is 0 Å². The van der Waals surface area contributed by atoms with E-state index in [4.69, 9.17) is 9.47 Å². The van der Waals surface area contributed by atoms with Crippen LogP contribution in [0.25, 0.3) is 0 Å². The molecule has 35 heavy (non-hydrogen) atoms. The molecule has 3 aromatic rings. The van der Waals surface area contributed by atoms with Crippen molar-refractivity contribution in [2.75, 3.05) is 27.2 Å². The van der Waals surface area contributed by atoms with E-state index >= 15 is 0 Å². The summed E-state index contributed by atoms with van der Waals surface area (Å²) in [5.74, 6) is 0.712. The molecule has 0 bridgehead atoms. The summed E-state index contributed by atoms with van der Waals surface area (Å²) in [6.07, 6.45) is 0. The molecule has 0 unspecified atom stereocenters. The average Bonchev–Trinajstić information content (AvgIpc) is 2.99. The highest BCUT2D eigenvalue weighted by Gasteiger charge is 2.29. The molecule has 7 heteroatoms. The van der Waals surface area contributed by atoms with Gasteiger partial charge in [-0.3, -0.25) is 9.59 Å². The predicted molar refractivity (Wildman–Crippen MR) is 134 cm³/mol. The lowest BCUT2D eigenvalue weighted by molar-refractivity contribution is 0.0740. The third kappa shape index (κ3) is 5.14. The quantitative estimate of drug-likeness (QED) is 0.533. The van der Waals surface area contributed by atoms with Gasteiger partial charge >= 0.3 is 0 Å². The molecule has 2 aromatic carbocycles. The maximum Gasteiger partial charge on any atom is 0.258 e. The molecular weight excluding hydrogens is 442 g/mol. The van der Waals surface area contributed by atoms with Gasteiger partial charge in [-0.2, -0.15) is 0 Å². The second kappa shape index (κ2) is 10.2. The second-order valence-corrected chi connectivity index (χ2v) is 9.02. The molecule has 1 aromatic heterocycles. The fourth-order valence-electron chi connectivity index (χ4n) is 4.28. The summed E-state index contributed by atoms with van der Waals surface area (Å²) in [4.78, 5) is 34.3. The fourth-order valence-corrected chi connectivity index (χ4v) is 4.28. The highest BCUT2D eigenvalue weighted by Crippen LogP contribution is 2.31. The maximum absolute atomic E-state index is 13.7. The molecule has 0 radical (unpaired) electrons. The van der Waals surface area contributed by atoms with Crippen LogP contribution in [-0.4, -0.2) is 53.8 Å². The van der Waals surface area contributed by atoms with Gasteiger partial charge in [-0.15, -0.1) is 0 Å². The van der Waals surface area contributed by atoms with Crippen molar-refractivity contribution in [2.45, 2.75) is 33.9 Å². The number of benzene rings is 2. The minimum Gasteiger partial charge on any atom is -0.491 e. The lowest BCUT2D eigenvalue weighted by atomic mass is 9.99. The molecule has 0 saturated heterocycles. The number of fused-ring (bicyclic) bond motifs is 1. The number of ether oxygens (including phenoxy) is 2. The molecule has 1 aliphatic rings. The summed E-state index contributed by atoms with van der Waals surface area (Å²) in [6.45, 7) is 7.22. The van der Waals surface area contributed by atoms with Gasteiger partial charge in [-0.05, 0) is 55.7 Å². The van der Waals surface area contributed by atoms with Crippen LogP contribution in [0.5, 0.6) is 11.6 Å². The van der Waals surface area contributed by atoms with Crippen LogP contribution in [-0.2, 0) is 13.2 Å². The molecule has 2 heterocycles. The van der Waals surface area contributed by atoms with E-state index in [1.54, 1.807) is 38.1 Å². The van der Waals surface area contributed by atoms with E-state index in [9.17, 15) is 9.59 Å². The zero-order valence-electron chi connectivity index (χ0n) is 20.9. The van der Waals surface area contributed by atoms with Gasteiger partial charge in [-0.25, -0.2) is 4.98 Å². The lowest BCUT2D eigenvalue weighted by Crippen LogP contribution is -2.33. The van der Waals surface area contributed by atoms with E-state index in [2.05, 4.69) is 4.98 Å². The van der Waals surface area contributed by atoms with Gasteiger partial charge in [0.15, 0.2) is 0 Å². The largest absolute Gasteiger partial charge is 0.491 e. The van der Waals surface area contributed by atoms with Crippen LogP contribution in [0.1, 0.15) is 48.7 Å². The van der Waals surface area contributed by atoms with Crippen molar-refractivity contribution >= 4 is 11.8 Å². The van der Waals surface area contributed by atoms with E-state index in [0.29, 0.717) is 54.6 Å².